The van der Waals surface area contributed by atoms with Gasteiger partial charge in [0.2, 0.25) is 22.8 Å². The van der Waals surface area contributed by atoms with Crippen LogP contribution < -0.4 is 18.3 Å². The lowest BCUT2D eigenvalue weighted by Crippen LogP contribution is -2.30. The van der Waals surface area contributed by atoms with E-state index < -0.39 is 19.1 Å². The van der Waals surface area contributed by atoms with Gasteiger partial charge in [0.05, 0.1) is 0 Å². The molecule has 1 unspecified atom stereocenters. The third-order valence-corrected chi connectivity index (χ3v) is 17.4. The van der Waals surface area contributed by atoms with Gasteiger partial charge >= 0.3 is 0 Å². The van der Waals surface area contributed by atoms with Crippen LogP contribution in [0.3, 0.4) is 0 Å². The number of aryl methyl sites for hydroxylation is 8. The topological polar surface area (TPSA) is 15.5 Å². The molecule has 0 radical (unpaired) electrons. The Morgan fingerprint density at radius 2 is 0.656 bits per heavy atom. The minimum atomic E-state index is -2.38. The van der Waals surface area contributed by atoms with Crippen molar-refractivity contribution in [3.8, 4) is 89.5 Å². The second-order valence-corrected chi connectivity index (χ2v) is 27.7. The molecule has 8 aromatic carbocycles. The fourth-order valence-corrected chi connectivity index (χ4v) is 12.5. The Hall–Kier alpha value is -9.64. The van der Waals surface area contributed by atoms with Crippen molar-refractivity contribution in [2.75, 3.05) is 0 Å². The van der Waals surface area contributed by atoms with Crippen LogP contribution >= 0.6 is 0 Å². The van der Waals surface area contributed by atoms with Gasteiger partial charge in [-0.25, -0.2) is 18.3 Å². The van der Waals surface area contributed by atoms with E-state index in [0.717, 1.165) is 46.4 Å². The number of hydrogen-bond donors (Lipinski definition) is 0. The van der Waals surface area contributed by atoms with E-state index in [9.17, 15) is 0 Å². The molecule has 488 valence electrons. The fraction of sp³-hybridized carbons (Fsp3) is 0.261. The number of nitrogens with zero attached hydrogens (tertiary/aromatic N) is 4. The summed E-state index contributed by atoms with van der Waals surface area (Å²) < 4.78 is 56.7. The summed E-state index contributed by atoms with van der Waals surface area (Å²) in [4.78, 5) is 0. The molecule has 0 saturated carbocycles. The molecule has 0 bridgehead atoms. The van der Waals surface area contributed by atoms with Crippen molar-refractivity contribution in [3.05, 3.63) is 312 Å². The molecule has 4 heterocycles. The molecule has 4 aromatic heterocycles. The van der Waals surface area contributed by atoms with Gasteiger partial charge in [0, 0.05) is 77.0 Å². The average Bonchev–Trinajstić information content (AvgIpc) is 0.792. The highest BCUT2D eigenvalue weighted by Crippen LogP contribution is 2.31. The monoisotopic (exact) mass is 1270 g/mol. The van der Waals surface area contributed by atoms with E-state index >= 15 is 0 Å². The molecule has 96 heavy (non-hydrogen) atoms. The first kappa shape index (κ1) is 62.5. The summed E-state index contributed by atoms with van der Waals surface area (Å²) >= 11 is 0. The number of aromatic nitrogens is 4. The zero-order chi connectivity index (χ0) is 73.8. The van der Waals surface area contributed by atoms with Crippen molar-refractivity contribution in [3.63, 3.8) is 0 Å². The molecule has 0 aliphatic heterocycles. The molecule has 0 aliphatic carbocycles. The van der Waals surface area contributed by atoms with E-state index in [0.29, 0.717) is 16.9 Å². The Labute approximate surface area is 585 Å². The Bertz CT molecular complexity index is 4860. The van der Waals surface area contributed by atoms with Crippen molar-refractivity contribution in [1.29, 1.82) is 0 Å². The summed E-state index contributed by atoms with van der Waals surface area (Å²) in [7, 11) is 8.32. The first-order valence-electron chi connectivity index (χ1n) is 36.9. The van der Waals surface area contributed by atoms with Crippen molar-refractivity contribution >= 4 is 0 Å². The molecule has 0 N–H and O–H groups in total. The van der Waals surface area contributed by atoms with E-state index in [1.165, 1.54) is 102 Å². The first-order valence-corrected chi connectivity index (χ1v) is 33.9. The van der Waals surface area contributed by atoms with E-state index in [-0.39, 0.29) is 5.92 Å². The molecule has 12 rings (SSSR count). The van der Waals surface area contributed by atoms with Crippen molar-refractivity contribution < 1.29 is 26.5 Å². The van der Waals surface area contributed by atoms with Crippen LogP contribution in [0.4, 0.5) is 0 Å². The minimum Gasteiger partial charge on any atom is -0.200 e. The van der Waals surface area contributed by atoms with E-state index in [1.807, 2.05) is 87.8 Å². The molecule has 4 nitrogen and oxygen atoms in total. The quantitative estimate of drug-likeness (QED) is 0.0965. The van der Waals surface area contributed by atoms with Gasteiger partial charge in [-0.1, -0.05) is 232 Å². The summed E-state index contributed by atoms with van der Waals surface area (Å²) in [6, 6.07) is 84.0. The smallest absolute Gasteiger partial charge is 0.200 e. The summed E-state index contributed by atoms with van der Waals surface area (Å²) in [5, 5.41) is 0. The SMILES string of the molecule is Cc1ccccc1-c1ccc(-c2cccc(CC(C)(C)C)c2)c[n+]1C.Cc1ccccc1-c1ccc(-c2cccc(CC(C)C)c2)c[n+]1C.[2H]C([2H])([2H])C([2H])(C)c1cccc(-c2ccc(-c3ccccc3C)[n+](C)c2)c1.[2H]C([2H])(c1cccc(-c2ccc(-c3ccccc3C)[n+](C)c2)c1)C(C)C. The maximum Gasteiger partial charge on any atom is 0.212 e. The zero-order valence-corrected chi connectivity index (χ0v) is 59.8. The Morgan fingerprint density at radius 1 is 0.344 bits per heavy atom. The van der Waals surface area contributed by atoms with Crippen LogP contribution in [0, 0.1) is 44.9 Å². The largest absolute Gasteiger partial charge is 0.212 e. The van der Waals surface area contributed by atoms with Crippen LogP contribution in [0.15, 0.2) is 267 Å². The first-order chi connectivity index (χ1) is 48.3. The standard InChI is InChI=1S/C24H28N.2C23H26N.C22H24N/c1-18-9-6-7-12-22(18)23-14-13-21(17-25(23)5)20-11-8-10-19(15-20)16-24(2,3)4;2*1-17(2)14-19-9-7-10-20(15-19)21-12-13-23(24(4)16-21)22-11-6-5-8-18(22)3;1-16(2)18-9-7-10-19(14-18)20-12-13-22(23(4)15-20)21-11-6-5-8-17(21)3/h6-15,17H,16H2,1-5H3;2*5-13,15-17H,14H2,1-4H3;5-16H,1-4H3/q4*+1/i;14D2;;1D3,16D. The fourth-order valence-electron chi connectivity index (χ4n) is 12.5. The van der Waals surface area contributed by atoms with Crippen LogP contribution in [-0.4, -0.2) is 0 Å². The van der Waals surface area contributed by atoms with Crippen LogP contribution in [0.25, 0.3) is 89.5 Å². The summed E-state index contributed by atoms with van der Waals surface area (Å²) in [6.07, 6.45) is 9.51. The van der Waals surface area contributed by atoms with Gasteiger partial charge in [-0.05, 0) is 185 Å². The molecule has 0 saturated heterocycles. The molecular weight excluding hydrogens is 1160 g/mol. The van der Waals surface area contributed by atoms with Gasteiger partial charge in [-0.3, -0.25) is 0 Å². The normalized spacial score (nSPS) is 13.0. The van der Waals surface area contributed by atoms with Crippen LogP contribution in [0.2, 0.25) is 0 Å². The predicted octanol–water partition coefficient (Wildman–Crippen LogP) is 21.7. The molecule has 0 fully saturated rings. The number of rotatable bonds is 14. The molecule has 4 heteroatoms. The summed E-state index contributed by atoms with van der Waals surface area (Å²) in [6.45, 7) is 22.9. The van der Waals surface area contributed by atoms with E-state index in [4.69, 9.17) is 8.22 Å². The lowest BCUT2D eigenvalue weighted by atomic mass is 9.87. The maximum absolute atomic E-state index is 8.35. The van der Waals surface area contributed by atoms with Crippen LogP contribution in [0.1, 0.15) is 121 Å². The maximum atomic E-state index is 8.35. The van der Waals surface area contributed by atoms with Crippen molar-refractivity contribution in [2.45, 2.75) is 115 Å². The second kappa shape index (κ2) is 32.7. The highest BCUT2D eigenvalue weighted by molar-refractivity contribution is 5.71. The number of pyridine rings is 4. The lowest BCUT2D eigenvalue weighted by molar-refractivity contribution is -0.660. The van der Waals surface area contributed by atoms with Gasteiger partial charge in [0.15, 0.2) is 24.8 Å². The van der Waals surface area contributed by atoms with Gasteiger partial charge < -0.3 is 0 Å². The van der Waals surface area contributed by atoms with Crippen molar-refractivity contribution in [2.24, 2.45) is 45.4 Å². The van der Waals surface area contributed by atoms with E-state index in [1.54, 1.807) is 6.07 Å². The zero-order valence-electron chi connectivity index (χ0n) is 65.8. The Balaban J connectivity index is 0.000000158. The highest BCUT2D eigenvalue weighted by atomic mass is 14.9. The lowest BCUT2D eigenvalue weighted by Gasteiger charge is -2.18. The van der Waals surface area contributed by atoms with E-state index in [2.05, 4.69) is 296 Å². The third-order valence-electron chi connectivity index (χ3n) is 17.4. The van der Waals surface area contributed by atoms with Crippen molar-refractivity contribution in [1.82, 2.24) is 0 Å². The Morgan fingerprint density at radius 3 is 0.979 bits per heavy atom. The number of benzene rings is 8. The predicted molar refractivity (Wildman–Crippen MR) is 407 cm³/mol. The molecule has 1 atom stereocenters. The summed E-state index contributed by atoms with van der Waals surface area (Å²) in [5.74, 6) is -1.04. The second-order valence-electron chi connectivity index (χ2n) is 27.7. The van der Waals surface area contributed by atoms with Gasteiger partial charge in [-0.2, -0.15) is 0 Å². The van der Waals surface area contributed by atoms with Crippen LogP contribution in [0.5, 0.6) is 0 Å². The van der Waals surface area contributed by atoms with Gasteiger partial charge in [0.1, 0.15) is 28.2 Å². The average molecular weight is 1270 g/mol. The third kappa shape index (κ3) is 19.1. The molecule has 0 aliphatic rings. The Kier molecular flexibility index (Phi) is 21.3. The number of hydrogen-bond acceptors (Lipinski definition) is 0. The van der Waals surface area contributed by atoms with Crippen LogP contribution in [-0.2, 0) is 47.4 Å². The van der Waals surface area contributed by atoms with Gasteiger partial charge in [-0.15, -0.1) is 0 Å². The summed E-state index contributed by atoms with van der Waals surface area (Å²) in [5.41, 5.74) is 28.3. The molecule has 0 spiro atoms. The minimum absolute atomic E-state index is 0.0720. The molecule has 0 amide bonds. The molecule has 12 aromatic rings. The molecular formula is C92H104N4+4. The highest BCUT2D eigenvalue weighted by Gasteiger charge is 2.19. The van der Waals surface area contributed by atoms with Gasteiger partial charge in [0.25, 0.3) is 0 Å².